The first-order chi connectivity index (χ1) is 11.6. The normalized spacial score (nSPS) is 11.6. The third-order valence-corrected chi connectivity index (χ3v) is 4.64. The molecular formula is C19H23NO3S. The van der Waals surface area contributed by atoms with Crippen LogP contribution in [0.5, 0.6) is 11.5 Å². The molecule has 0 aliphatic heterocycles. The number of benzene rings is 2. The molecule has 0 fully saturated rings. The predicted octanol–water partition coefficient (Wildman–Crippen LogP) is 4.06. The SMILES string of the molecule is COc1ccc(OC)c([C@@H](C)NC(=O)CCSc2ccccc2)c1. The van der Waals surface area contributed by atoms with Gasteiger partial charge in [0.15, 0.2) is 0 Å². The summed E-state index contributed by atoms with van der Waals surface area (Å²) in [6.45, 7) is 1.94. The Labute approximate surface area is 147 Å². The van der Waals surface area contributed by atoms with Gasteiger partial charge in [-0.1, -0.05) is 18.2 Å². The van der Waals surface area contributed by atoms with Gasteiger partial charge in [-0.3, -0.25) is 4.79 Å². The fraction of sp³-hybridized carbons (Fsp3) is 0.316. The third kappa shape index (κ3) is 5.20. The molecule has 1 N–H and O–H groups in total. The average molecular weight is 345 g/mol. The molecule has 0 aliphatic rings. The van der Waals surface area contributed by atoms with Crippen molar-refractivity contribution in [2.24, 2.45) is 0 Å². The zero-order valence-corrected chi connectivity index (χ0v) is 15.1. The molecule has 1 amide bonds. The van der Waals surface area contributed by atoms with Gasteiger partial charge in [0, 0.05) is 22.6 Å². The maximum Gasteiger partial charge on any atom is 0.221 e. The van der Waals surface area contributed by atoms with Gasteiger partial charge in [0.05, 0.1) is 20.3 Å². The summed E-state index contributed by atoms with van der Waals surface area (Å²) < 4.78 is 10.6. The van der Waals surface area contributed by atoms with Crippen LogP contribution in [-0.2, 0) is 4.79 Å². The molecule has 0 bridgehead atoms. The Morgan fingerprint density at radius 2 is 1.88 bits per heavy atom. The van der Waals surface area contributed by atoms with Gasteiger partial charge in [0.1, 0.15) is 11.5 Å². The lowest BCUT2D eigenvalue weighted by Crippen LogP contribution is -2.27. The highest BCUT2D eigenvalue weighted by atomic mass is 32.2. The van der Waals surface area contributed by atoms with Gasteiger partial charge < -0.3 is 14.8 Å². The molecule has 0 saturated carbocycles. The highest BCUT2D eigenvalue weighted by Crippen LogP contribution is 2.29. The van der Waals surface area contributed by atoms with Crippen molar-refractivity contribution < 1.29 is 14.3 Å². The highest BCUT2D eigenvalue weighted by Gasteiger charge is 2.15. The maximum absolute atomic E-state index is 12.2. The van der Waals surface area contributed by atoms with Crippen molar-refractivity contribution >= 4 is 17.7 Å². The summed E-state index contributed by atoms with van der Waals surface area (Å²) in [6.07, 6.45) is 0.468. The number of carbonyl (C=O) groups is 1. The molecule has 2 rings (SSSR count). The largest absolute Gasteiger partial charge is 0.497 e. The number of methoxy groups -OCH3 is 2. The van der Waals surface area contributed by atoms with Crippen LogP contribution >= 0.6 is 11.8 Å². The molecule has 24 heavy (non-hydrogen) atoms. The number of hydrogen-bond donors (Lipinski definition) is 1. The Balaban J connectivity index is 1.89. The lowest BCUT2D eigenvalue weighted by Gasteiger charge is -2.18. The van der Waals surface area contributed by atoms with Crippen LogP contribution < -0.4 is 14.8 Å². The van der Waals surface area contributed by atoms with Crippen LogP contribution in [0, 0.1) is 0 Å². The Morgan fingerprint density at radius 3 is 2.54 bits per heavy atom. The number of carbonyl (C=O) groups excluding carboxylic acids is 1. The molecule has 5 heteroatoms. The van der Waals surface area contributed by atoms with E-state index >= 15 is 0 Å². The lowest BCUT2D eigenvalue weighted by molar-refractivity contribution is -0.121. The zero-order chi connectivity index (χ0) is 17.4. The summed E-state index contributed by atoms with van der Waals surface area (Å²) in [4.78, 5) is 13.3. The van der Waals surface area contributed by atoms with Crippen molar-refractivity contribution in [2.75, 3.05) is 20.0 Å². The van der Waals surface area contributed by atoms with E-state index in [1.807, 2.05) is 55.5 Å². The standard InChI is InChI=1S/C19H23NO3S/c1-14(17-13-15(22-2)9-10-18(17)23-3)20-19(21)11-12-24-16-7-5-4-6-8-16/h4-10,13-14H,11-12H2,1-3H3,(H,20,21)/t14-/m1/s1. The summed E-state index contributed by atoms with van der Waals surface area (Å²) in [5, 5.41) is 3.02. The van der Waals surface area contributed by atoms with Gasteiger partial charge in [-0.2, -0.15) is 0 Å². The molecule has 1 atom stereocenters. The van der Waals surface area contributed by atoms with Crippen molar-refractivity contribution in [3.8, 4) is 11.5 Å². The lowest BCUT2D eigenvalue weighted by atomic mass is 10.1. The second kappa shape index (κ2) is 9.23. The molecule has 0 aliphatic carbocycles. The predicted molar refractivity (Wildman–Crippen MR) is 97.9 cm³/mol. The van der Waals surface area contributed by atoms with Crippen molar-refractivity contribution in [1.29, 1.82) is 0 Å². The summed E-state index contributed by atoms with van der Waals surface area (Å²) >= 11 is 1.68. The average Bonchev–Trinajstić information content (AvgIpc) is 2.62. The van der Waals surface area contributed by atoms with Crippen LogP contribution in [0.15, 0.2) is 53.4 Å². The Morgan fingerprint density at radius 1 is 1.12 bits per heavy atom. The summed E-state index contributed by atoms with van der Waals surface area (Å²) in [7, 11) is 3.24. The van der Waals surface area contributed by atoms with Crippen LogP contribution in [0.4, 0.5) is 0 Å². The molecule has 0 saturated heterocycles. The van der Waals surface area contributed by atoms with Crippen molar-refractivity contribution in [2.45, 2.75) is 24.3 Å². The van der Waals surface area contributed by atoms with Gasteiger partial charge in [-0.15, -0.1) is 11.8 Å². The molecule has 0 spiro atoms. The summed E-state index contributed by atoms with van der Waals surface area (Å²) in [6, 6.07) is 15.5. The van der Waals surface area contributed by atoms with Crippen LogP contribution in [0.25, 0.3) is 0 Å². The number of nitrogens with one attached hydrogen (secondary N) is 1. The minimum absolute atomic E-state index is 0.0239. The molecule has 0 heterocycles. The van der Waals surface area contributed by atoms with E-state index in [0.717, 1.165) is 22.8 Å². The van der Waals surface area contributed by atoms with Gasteiger partial charge in [-0.05, 0) is 37.3 Å². The Kier molecular flexibility index (Phi) is 7.00. The van der Waals surface area contributed by atoms with Gasteiger partial charge in [0.25, 0.3) is 0 Å². The molecule has 4 nitrogen and oxygen atoms in total. The fourth-order valence-corrected chi connectivity index (χ4v) is 3.22. The monoisotopic (exact) mass is 345 g/mol. The zero-order valence-electron chi connectivity index (χ0n) is 14.2. The van der Waals surface area contributed by atoms with E-state index in [1.165, 1.54) is 4.90 Å². The van der Waals surface area contributed by atoms with E-state index < -0.39 is 0 Å². The smallest absolute Gasteiger partial charge is 0.221 e. The molecule has 128 valence electrons. The molecule has 2 aromatic rings. The number of amides is 1. The molecule has 0 aromatic heterocycles. The molecule has 0 unspecified atom stereocenters. The first-order valence-electron chi connectivity index (χ1n) is 7.83. The van der Waals surface area contributed by atoms with E-state index in [2.05, 4.69) is 5.32 Å². The Hall–Kier alpha value is -2.14. The highest BCUT2D eigenvalue weighted by molar-refractivity contribution is 7.99. The van der Waals surface area contributed by atoms with Gasteiger partial charge in [0.2, 0.25) is 5.91 Å². The first-order valence-corrected chi connectivity index (χ1v) is 8.81. The number of ether oxygens (including phenoxy) is 2. The van der Waals surface area contributed by atoms with E-state index in [0.29, 0.717) is 6.42 Å². The fourth-order valence-electron chi connectivity index (χ4n) is 2.35. The molecular weight excluding hydrogens is 322 g/mol. The van der Waals surface area contributed by atoms with E-state index in [4.69, 9.17) is 9.47 Å². The quantitative estimate of drug-likeness (QED) is 0.733. The van der Waals surface area contributed by atoms with Gasteiger partial charge in [-0.25, -0.2) is 0 Å². The topological polar surface area (TPSA) is 47.6 Å². The number of rotatable bonds is 8. The number of hydrogen-bond acceptors (Lipinski definition) is 4. The van der Waals surface area contributed by atoms with Crippen LogP contribution in [0.2, 0.25) is 0 Å². The minimum Gasteiger partial charge on any atom is -0.497 e. The van der Waals surface area contributed by atoms with Crippen molar-refractivity contribution in [1.82, 2.24) is 5.32 Å². The maximum atomic E-state index is 12.2. The third-order valence-electron chi connectivity index (χ3n) is 3.62. The van der Waals surface area contributed by atoms with E-state index in [1.54, 1.807) is 26.0 Å². The summed E-state index contributed by atoms with van der Waals surface area (Å²) in [5.41, 5.74) is 0.904. The number of thioether (sulfide) groups is 1. The van der Waals surface area contributed by atoms with Crippen LogP contribution in [0.1, 0.15) is 24.9 Å². The molecule has 0 radical (unpaired) electrons. The Bertz CT molecular complexity index is 661. The van der Waals surface area contributed by atoms with Gasteiger partial charge >= 0.3 is 0 Å². The molecule has 2 aromatic carbocycles. The van der Waals surface area contributed by atoms with Crippen LogP contribution in [-0.4, -0.2) is 25.9 Å². The minimum atomic E-state index is -0.149. The second-order valence-corrected chi connectivity index (χ2v) is 6.48. The summed E-state index contributed by atoms with van der Waals surface area (Å²) in [5.74, 6) is 2.25. The van der Waals surface area contributed by atoms with E-state index in [-0.39, 0.29) is 11.9 Å². The van der Waals surface area contributed by atoms with Crippen molar-refractivity contribution in [3.05, 3.63) is 54.1 Å². The van der Waals surface area contributed by atoms with Crippen LogP contribution in [0.3, 0.4) is 0 Å². The first kappa shape index (κ1) is 18.2. The van der Waals surface area contributed by atoms with Crippen molar-refractivity contribution in [3.63, 3.8) is 0 Å². The second-order valence-electron chi connectivity index (χ2n) is 5.31. The van der Waals surface area contributed by atoms with E-state index in [9.17, 15) is 4.79 Å².